The molecular formula is C18H17ClO3. The van der Waals surface area contributed by atoms with Crippen molar-refractivity contribution in [2.24, 2.45) is 0 Å². The van der Waals surface area contributed by atoms with Gasteiger partial charge in [0.1, 0.15) is 12.9 Å². The van der Waals surface area contributed by atoms with E-state index in [0.717, 1.165) is 17.4 Å². The van der Waals surface area contributed by atoms with E-state index < -0.39 is 0 Å². The lowest BCUT2D eigenvalue weighted by atomic mass is 10.1. The van der Waals surface area contributed by atoms with Crippen molar-refractivity contribution in [2.75, 3.05) is 7.11 Å². The van der Waals surface area contributed by atoms with Crippen molar-refractivity contribution in [1.82, 2.24) is 0 Å². The molecule has 0 heterocycles. The van der Waals surface area contributed by atoms with Gasteiger partial charge in [-0.25, -0.2) is 0 Å². The van der Waals surface area contributed by atoms with Crippen molar-refractivity contribution in [3.8, 4) is 11.5 Å². The molecule has 0 fully saturated rings. The standard InChI is InChI=1S/C18H17ClO3/c1-3-6-14-9-13(11-20)10-17(21-2)18(14)22-12-15-7-4-5-8-16(15)19/h3-5,7-11H,1,6,12H2,2H3. The average molecular weight is 317 g/mol. The number of rotatable bonds is 7. The number of allylic oxidation sites excluding steroid dienone is 1. The largest absolute Gasteiger partial charge is 0.493 e. The molecule has 0 aromatic heterocycles. The summed E-state index contributed by atoms with van der Waals surface area (Å²) in [4.78, 5) is 11.0. The first-order chi connectivity index (χ1) is 10.7. The fraction of sp³-hybridized carbons (Fsp3) is 0.167. The van der Waals surface area contributed by atoms with E-state index in [4.69, 9.17) is 21.1 Å². The van der Waals surface area contributed by atoms with Crippen LogP contribution in [0.1, 0.15) is 21.5 Å². The molecule has 0 amide bonds. The first kappa shape index (κ1) is 16.1. The third-order valence-electron chi connectivity index (χ3n) is 3.20. The fourth-order valence-electron chi connectivity index (χ4n) is 2.14. The van der Waals surface area contributed by atoms with Crippen molar-refractivity contribution < 1.29 is 14.3 Å². The van der Waals surface area contributed by atoms with E-state index in [-0.39, 0.29) is 0 Å². The Bertz CT molecular complexity index is 680. The molecule has 114 valence electrons. The van der Waals surface area contributed by atoms with Gasteiger partial charge in [-0.1, -0.05) is 35.9 Å². The van der Waals surface area contributed by atoms with Crippen molar-refractivity contribution >= 4 is 17.9 Å². The highest BCUT2D eigenvalue weighted by atomic mass is 35.5. The van der Waals surface area contributed by atoms with Gasteiger partial charge in [-0.3, -0.25) is 4.79 Å². The number of benzene rings is 2. The normalized spacial score (nSPS) is 10.1. The van der Waals surface area contributed by atoms with Gasteiger partial charge in [-0.05, 0) is 24.6 Å². The number of halogens is 1. The Labute approximate surface area is 135 Å². The van der Waals surface area contributed by atoms with Crippen LogP contribution in [0.2, 0.25) is 5.02 Å². The minimum atomic E-state index is 0.320. The van der Waals surface area contributed by atoms with Crippen LogP contribution in [-0.4, -0.2) is 13.4 Å². The molecule has 0 atom stereocenters. The Morgan fingerprint density at radius 2 is 2.00 bits per heavy atom. The SMILES string of the molecule is C=CCc1cc(C=O)cc(OC)c1OCc1ccccc1Cl. The van der Waals surface area contributed by atoms with Gasteiger partial charge in [0, 0.05) is 21.7 Å². The quantitative estimate of drug-likeness (QED) is 0.558. The highest BCUT2D eigenvalue weighted by molar-refractivity contribution is 6.31. The van der Waals surface area contributed by atoms with E-state index in [1.54, 1.807) is 25.3 Å². The molecule has 2 aromatic rings. The van der Waals surface area contributed by atoms with Gasteiger partial charge in [-0.2, -0.15) is 0 Å². The van der Waals surface area contributed by atoms with Crippen molar-refractivity contribution in [3.63, 3.8) is 0 Å². The van der Waals surface area contributed by atoms with E-state index >= 15 is 0 Å². The van der Waals surface area contributed by atoms with Gasteiger partial charge in [0.25, 0.3) is 0 Å². The number of carbonyl (C=O) groups excluding carboxylic acids is 1. The molecule has 2 aromatic carbocycles. The molecule has 22 heavy (non-hydrogen) atoms. The van der Waals surface area contributed by atoms with Crippen molar-refractivity contribution in [3.05, 3.63) is 70.8 Å². The zero-order valence-electron chi connectivity index (χ0n) is 12.3. The maximum Gasteiger partial charge on any atom is 0.165 e. The molecule has 3 nitrogen and oxygen atoms in total. The Balaban J connectivity index is 2.34. The van der Waals surface area contributed by atoms with Gasteiger partial charge in [0.15, 0.2) is 11.5 Å². The molecule has 0 saturated heterocycles. The molecule has 2 rings (SSSR count). The first-order valence-corrected chi connectivity index (χ1v) is 7.20. The molecule has 4 heteroatoms. The van der Waals surface area contributed by atoms with Gasteiger partial charge >= 0.3 is 0 Å². The van der Waals surface area contributed by atoms with Gasteiger partial charge < -0.3 is 9.47 Å². The summed E-state index contributed by atoms with van der Waals surface area (Å²) in [5, 5.41) is 0.649. The highest BCUT2D eigenvalue weighted by Crippen LogP contribution is 2.34. The van der Waals surface area contributed by atoms with Crippen LogP contribution in [0.15, 0.2) is 49.1 Å². The summed E-state index contributed by atoms with van der Waals surface area (Å²) in [6.07, 6.45) is 3.12. The van der Waals surface area contributed by atoms with Gasteiger partial charge in [-0.15, -0.1) is 6.58 Å². The molecule has 0 radical (unpaired) electrons. The maximum atomic E-state index is 11.0. The summed E-state index contributed by atoms with van der Waals surface area (Å²) in [6.45, 7) is 4.05. The first-order valence-electron chi connectivity index (χ1n) is 6.82. The van der Waals surface area contributed by atoms with Crippen LogP contribution >= 0.6 is 11.6 Å². The highest BCUT2D eigenvalue weighted by Gasteiger charge is 2.13. The number of aldehydes is 1. The number of carbonyl (C=O) groups is 1. The second-order valence-electron chi connectivity index (χ2n) is 4.70. The van der Waals surface area contributed by atoms with Crippen molar-refractivity contribution in [2.45, 2.75) is 13.0 Å². The minimum absolute atomic E-state index is 0.320. The van der Waals surface area contributed by atoms with Crippen LogP contribution in [0.5, 0.6) is 11.5 Å². The van der Waals surface area contributed by atoms with Gasteiger partial charge in [0.05, 0.1) is 7.11 Å². The Kier molecular flexibility index (Phi) is 5.61. The second-order valence-corrected chi connectivity index (χ2v) is 5.11. The average Bonchev–Trinajstić information content (AvgIpc) is 2.54. The lowest BCUT2D eigenvalue weighted by Gasteiger charge is -2.16. The lowest BCUT2D eigenvalue weighted by Crippen LogP contribution is -2.02. The molecule has 0 aliphatic heterocycles. The Morgan fingerprint density at radius 1 is 1.23 bits per heavy atom. The third kappa shape index (κ3) is 3.68. The summed E-state index contributed by atoms with van der Waals surface area (Å²) in [6, 6.07) is 10.9. The van der Waals surface area contributed by atoms with E-state index in [1.807, 2.05) is 24.3 Å². The van der Waals surface area contributed by atoms with Gasteiger partial charge in [0.2, 0.25) is 0 Å². The fourth-order valence-corrected chi connectivity index (χ4v) is 2.33. The topological polar surface area (TPSA) is 35.5 Å². The number of hydrogen-bond donors (Lipinski definition) is 0. The molecular weight excluding hydrogens is 300 g/mol. The van der Waals surface area contributed by atoms with Crippen molar-refractivity contribution in [1.29, 1.82) is 0 Å². The molecule has 0 aliphatic carbocycles. The number of methoxy groups -OCH3 is 1. The minimum Gasteiger partial charge on any atom is -0.493 e. The molecule has 0 unspecified atom stereocenters. The van der Waals surface area contributed by atoms with Crippen LogP contribution in [0, 0.1) is 0 Å². The number of ether oxygens (including phenoxy) is 2. The van der Waals surface area contributed by atoms with Crippen LogP contribution < -0.4 is 9.47 Å². The molecule has 0 bridgehead atoms. The molecule has 0 saturated carbocycles. The lowest BCUT2D eigenvalue weighted by molar-refractivity contribution is 0.112. The monoisotopic (exact) mass is 316 g/mol. The molecule has 0 N–H and O–H groups in total. The predicted octanol–water partition coefficient (Wildman–Crippen LogP) is 4.47. The zero-order chi connectivity index (χ0) is 15.9. The third-order valence-corrected chi connectivity index (χ3v) is 3.57. The number of hydrogen-bond acceptors (Lipinski definition) is 3. The molecule has 0 aliphatic rings. The summed E-state index contributed by atoms with van der Waals surface area (Å²) in [5.41, 5.74) is 2.28. The van der Waals surface area contributed by atoms with Crippen LogP contribution in [0.3, 0.4) is 0 Å². The van der Waals surface area contributed by atoms with Crippen LogP contribution in [0.4, 0.5) is 0 Å². The Morgan fingerprint density at radius 3 is 2.64 bits per heavy atom. The summed E-state index contributed by atoms with van der Waals surface area (Å²) in [5.74, 6) is 1.13. The van der Waals surface area contributed by atoms with Crippen LogP contribution in [0.25, 0.3) is 0 Å². The zero-order valence-corrected chi connectivity index (χ0v) is 13.1. The summed E-state index contributed by atoms with van der Waals surface area (Å²) in [7, 11) is 1.55. The summed E-state index contributed by atoms with van der Waals surface area (Å²) < 4.78 is 11.2. The molecule has 0 spiro atoms. The van der Waals surface area contributed by atoms with E-state index in [2.05, 4.69) is 6.58 Å². The van der Waals surface area contributed by atoms with E-state index in [0.29, 0.717) is 35.1 Å². The summed E-state index contributed by atoms with van der Waals surface area (Å²) >= 11 is 6.14. The smallest absolute Gasteiger partial charge is 0.165 e. The Hall–Kier alpha value is -2.26. The van der Waals surface area contributed by atoms with Crippen LogP contribution in [-0.2, 0) is 13.0 Å². The maximum absolute atomic E-state index is 11.0. The van der Waals surface area contributed by atoms with E-state index in [9.17, 15) is 4.79 Å². The predicted molar refractivity (Wildman–Crippen MR) is 88.1 cm³/mol. The second kappa shape index (κ2) is 7.66. The van der Waals surface area contributed by atoms with E-state index in [1.165, 1.54) is 0 Å².